The van der Waals surface area contributed by atoms with Crippen molar-refractivity contribution in [2.24, 2.45) is 0 Å². The molecule has 3 rings (SSSR count). The van der Waals surface area contributed by atoms with Gasteiger partial charge in [0.05, 0.1) is 22.5 Å². The Morgan fingerprint density at radius 2 is 1.95 bits per heavy atom. The summed E-state index contributed by atoms with van der Waals surface area (Å²) in [6.07, 6.45) is 7.05. The second-order valence-corrected chi connectivity index (χ2v) is 4.86. The minimum Gasteiger partial charge on any atom is -0.324 e. The van der Waals surface area contributed by atoms with Gasteiger partial charge in [-0.1, -0.05) is 11.6 Å². The molecule has 2 aromatic heterocycles. The van der Waals surface area contributed by atoms with Crippen molar-refractivity contribution in [3.05, 3.63) is 77.8 Å². The van der Waals surface area contributed by atoms with Crippen LogP contribution in [0.5, 0.6) is 0 Å². The summed E-state index contributed by atoms with van der Waals surface area (Å²) in [5.74, 6) is -0.262. The highest BCUT2D eigenvalue weighted by molar-refractivity contribution is 6.34. The molecule has 104 valence electrons. The fourth-order valence-electron chi connectivity index (χ4n) is 1.99. The molecule has 1 amide bonds. The second kappa shape index (κ2) is 5.81. The Labute approximate surface area is 127 Å². The Hall–Kier alpha value is -2.59. The molecular weight excluding hydrogens is 286 g/mol. The fraction of sp³-hybridized carbons (Fsp3) is 0. The molecule has 0 fully saturated rings. The van der Waals surface area contributed by atoms with Crippen LogP contribution in [0.2, 0.25) is 5.02 Å². The maximum Gasteiger partial charge on any atom is 0.257 e. The molecule has 3 aromatic rings. The molecule has 0 spiro atoms. The third kappa shape index (κ3) is 2.95. The summed E-state index contributed by atoms with van der Waals surface area (Å²) in [4.78, 5) is 16.3. The number of halogens is 1. The van der Waals surface area contributed by atoms with Gasteiger partial charge in [0.15, 0.2) is 0 Å². The van der Waals surface area contributed by atoms with E-state index in [2.05, 4.69) is 10.3 Å². The normalized spacial score (nSPS) is 10.3. The van der Waals surface area contributed by atoms with Gasteiger partial charge in [-0.15, -0.1) is 0 Å². The molecule has 0 aliphatic heterocycles. The molecule has 0 saturated carbocycles. The summed E-state index contributed by atoms with van der Waals surface area (Å²) >= 11 is 6.13. The van der Waals surface area contributed by atoms with Crippen molar-refractivity contribution in [3.8, 4) is 5.69 Å². The number of carbonyl (C=O) groups is 1. The first-order chi connectivity index (χ1) is 10.2. The van der Waals surface area contributed by atoms with E-state index in [9.17, 15) is 4.79 Å². The van der Waals surface area contributed by atoms with Gasteiger partial charge in [0.1, 0.15) is 0 Å². The monoisotopic (exact) mass is 297 g/mol. The molecular formula is C16H12ClN3O. The predicted octanol–water partition coefficient (Wildman–Crippen LogP) is 3.78. The zero-order valence-corrected chi connectivity index (χ0v) is 11.8. The summed E-state index contributed by atoms with van der Waals surface area (Å²) < 4.78 is 1.91. The van der Waals surface area contributed by atoms with Crippen LogP contribution in [0.15, 0.2) is 67.3 Å². The highest BCUT2D eigenvalue weighted by Crippen LogP contribution is 2.21. The van der Waals surface area contributed by atoms with E-state index in [1.54, 1.807) is 36.7 Å². The lowest BCUT2D eigenvalue weighted by Crippen LogP contribution is -2.13. The maximum atomic E-state index is 12.3. The minimum atomic E-state index is -0.262. The van der Waals surface area contributed by atoms with E-state index in [1.807, 2.05) is 35.2 Å². The van der Waals surface area contributed by atoms with Gasteiger partial charge >= 0.3 is 0 Å². The number of hydrogen-bond donors (Lipinski definition) is 1. The van der Waals surface area contributed by atoms with E-state index in [0.29, 0.717) is 16.3 Å². The third-order valence-electron chi connectivity index (χ3n) is 3.02. The number of anilines is 1. The number of rotatable bonds is 3. The van der Waals surface area contributed by atoms with E-state index >= 15 is 0 Å². The highest BCUT2D eigenvalue weighted by atomic mass is 35.5. The predicted molar refractivity (Wildman–Crippen MR) is 83.0 cm³/mol. The summed E-state index contributed by atoms with van der Waals surface area (Å²) in [6.45, 7) is 0. The van der Waals surface area contributed by atoms with Crippen LogP contribution >= 0.6 is 11.6 Å². The lowest BCUT2D eigenvalue weighted by molar-refractivity contribution is 0.102. The van der Waals surface area contributed by atoms with Gasteiger partial charge in [-0.3, -0.25) is 9.78 Å². The molecule has 1 N–H and O–H groups in total. The second-order valence-electron chi connectivity index (χ2n) is 4.45. The van der Waals surface area contributed by atoms with E-state index in [4.69, 9.17) is 11.6 Å². The van der Waals surface area contributed by atoms with E-state index in [0.717, 1.165) is 5.69 Å². The molecule has 21 heavy (non-hydrogen) atoms. The van der Waals surface area contributed by atoms with Crippen molar-refractivity contribution < 1.29 is 4.79 Å². The SMILES string of the molecule is O=C(Nc1cccnc1)c1cc(-n2cccc2)ccc1Cl. The average molecular weight is 298 g/mol. The first-order valence-electron chi connectivity index (χ1n) is 6.38. The summed E-state index contributed by atoms with van der Waals surface area (Å²) in [7, 11) is 0. The number of carbonyl (C=O) groups excluding carboxylic acids is 1. The first-order valence-corrected chi connectivity index (χ1v) is 6.76. The Kier molecular flexibility index (Phi) is 3.71. The van der Waals surface area contributed by atoms with Gasteiger partial charge in [-0.05, 0) is 42.5 Å². The van der Waals surface area contributed by atoms with Crippen LogP contribution in [0, 0.1) is 0 Å². The smallest absolute Gasteiger partial charge is 0.257 e. The summed E-state index contributed by atoms with van der Waals surface area (Å²) in [5, 5.41) is 3.19. The highest BCUT2D eigenvalue weighted by Gasteiger charge is 2.12. The van der Waals surface area contributed by atoms with Gasteiger partial charge in [0.25, 0.3) is 5.91 Å². The quantitative estimate of drug-likeness (QED) is 0.800. The number of amides is 1. The van der Waals surface area contributed by atoms with Gasteiger partial charge in [-0.2, -0.15) is 0 Å². The molecule has 4 nitrogen and oxygen atoms in total. The van der Waals surface area contributed by atoms with Crippen LogP contribution in [0.1, 0.15) is 10.4 Å². The fourth-order valence-corrected chi connectivity index (χ4v) is 2.19. The van der Waals surface area contributed by atoms with E-state index in [1.165, 1.54) is 0 Å². The van der Waals surface area contributed by atoms with Gasteiger partial charge in [0, 0.05) is 24.3 Å². The molecule has 0 aliphatic rings. The van der Waals surface area contributed by atoms with Gasteiger partial charge < -0.3 is 9.88 Å². The Morgan fingerprint density at radius 1 is 1.14 bits per heavy atom. The first kappa shape index (κ1) is 13.4. The Balaban J connectivity index is 1.91. The van der Waals surface area contributed by atoms with Crippen molar-refractivity contribution in [1.82, 2.24) is 9.55 Å². The Morgan fingerprint density at radius 3 is 2.67 bits per heavy atom. The van der Waals surface area contributed by atoms with Crippen LogP contribution in [0.25, 0.3) is 5.69 Å². The number of nitrogens with zero attached hydrogens (tertiary/aromatic N) is 2. The molecule has 0 aliphatic carbocycles. The standard InChI is InChI=1S/C16H12ClN3O/c17-15-6-5-13(20-8-1-2-9-20)10-14(15)16(21)19-12-4-3-7-18-11-12/h1-11H,(H,19,21). The van der Waals surface area contributed by atoms with Gasteiger partial charge in [-0.25, -0.2) is 0 Å². The Bertz CT molecular complexity index is 754. The van der Waals surface area contributed by atoms with Crippen LogP contribution in [0.3, 0.4) is 0 Å². The number of pyridine rings is 1. The molecule has 0 unspecified atom stereocenters. The van der Waals surface area contributed by atoms with Crippen LogP contribution in [-0.4, -0.2) is 15.5 Å². The van der Waals surface area contributed by atoms with Crippen molar-refractivity contribution in [3.63, 3.8) is 0 Å². The largest absolute Gasteiger partial charge is 0.324 e. The molecule has 0 saturated heterocycles. The maximum absolute atomic E-state index is 12.3. The summed E-state index contributed by atoms with van der Waals surface area (Å²) in [6, 6.07) is 12.7. The van der Waals surface area contributed by atoms with Crippen LogP contribution in [0.4, 0.5) is 5.69 Å². The number of aromatic nitrogens is 2. The number of benzene rings is 1. The molecule has 0 atom stereocenters. The average Bonchev–Trinajstić information content (AvgIpc) is 3.03. The van der Waals surface area contributed by atoms with Crippen molar-refractivity contribution in [2.75, 3.05) is 5.32 Å². The van der Waals surface area contributed by atoms with Crippen LogP contribution < -0.4 is 5.32 Å². The van der Waals surface area contributed by atoms with Crippen molar-refractivity contribution in [1.29, 1.82) is 0 Å². The topological polar surface area (TPSA) is 46.9 Å². The van der Waals surface area contributed by atoms with E-state index in [-0.39, 0.29) is 5.91 Å². The number of hydrogen-bond acceptors (Lipinski definition) is 2. The zero-order chi connectivity index (χ0) is 14.7. The van der Waals surface area contributed by atoms with Crippen molar-refractivity contribution >= 4 is 23.2 Å². The lowest BCUT2D eigenvalue weighted by Gasteiger charge is -2.09. The molecule has 1 aromatic carbocycles. The van der Waals surface area contributed by atoms with Crippen LogP contribution in [-0.2, 0) is 0 Å². The molecule has 0 bridgehead atoms. The number of nitrogens with one attached hydrogen (secondary N) is 1. The molecule has 2 heterocycles. The summed E-state index contributed by atoms with van der Waals surface area (Å²) in [5.41, 5.74) is 1.93. The molecule has 5 heteroatoms. The third-order valence-corrected chi connectivity index (χ3v) is 3.35. The van der Waals surface area contributed by atoms with Gasteiger partial charge in [0.2, 0.25) is 0 Å². The van der Waals surface area contributed by atoms with E-state index < -0.39 is 0 Å². The zero-order valence-electron chi connectivity index (χ0n) is 11.0. The van der Waals surface area contributed by atoms with Crippen molar-refractivity contribution in [2.45, 2.75) is 0 Å². The minimum absolute atomic E-state index is 0.262. The lowest BCUT2D eigenvalue weighted by atomic mass is 10.1. The molecule has 0 radical (unpaired) electrons.